The Morgan fingerprint density at radius 2 is 1.80 bits per heavy atom. The molecule has 1 aliphatic heterocycles. The molecule has 3 aromatic rings. The number of benzene rings is 2. The number of ketones is 1. The summed E-state index contributed by atoms with van der Waals surface area (Å²) < 4.78 is 16.0. The number of imidazole rings is 1. The van der Waals surface area contributed by atoms with Gasteiger partial charge in [0.05, 0.1) is 30.9 Å². The van der Waals surface area contributed by atoms with E-state index in [1.807, 2.05) is 36.4 Å². The van der Waals surface area contributed by atoms with Gasteiger partial charge < -0.3 is 29.8 Å². The lowest BCUT2D eigenvalue weighted by Gasteiger charge is -2.27. The SMILES string of the molecule is COCCC1C(=O)C(c2nc3ccccc3[nH]2)=C(N)N1c1cc(OC)cc(OC)c1. The maximum atomic E-state index is 13.4. The van der Waals surface area contributed by atoms with Crippen LogP contribution in [0.1, 0.15) is 12.2 Å². The van der Waals surface area contributed by atoms with Gasteiger partial charge in [-0.2, -0.15) is 0 Å². The topological polar surface area (TPSA) is 103 Å². The van der Waals surface area contributed by atoms with Gasteiger partial charge in [-0.05, 0) is 18.6 Å². The molecule has 0 saturated carbocycles. The third kappa shape index (κ3) is 3.35. The summed E-state index contributed by atoms with van der Waals surface area (Å²) in [7, 11) is 4.76. The van der Waals surface area contributed by atoms with Gasteiger partial charge in [-0.15, -0.1) is 0 Å². The molecular weight excluding hydrogens is 384 g/mol. The number of rotatable bonds is 7. The van der Waals surface area contributed by atoms with Crippen molar-refractivity contribution in [1.29, 1.82) is 0 Å². The number of aromatic nitrogens is 2. The van der Waals surface area contributed by atoms with Crippen LogP contribution in [-0.4, -0.2) is 49.7 Å². The summed E-state index contributed by atoms with van der Waals surface area (Å²) in [4.78, 5) is 23.0. The van der Waals surface area contributed by atoms with Gasteiger partial charge in [-0.1, -0.05) is 12.1 Å². The first-order chi connectivity index (χ1) is 14.6. The lowest BCUT2D eigenvalue weighted by Crippen LogP contribution is -2.37. The molecule has 1 unspecified atom stereocenters. The van der Waals surface area contributed by atoms with Crippen LogP contribution in [0, 0.1) is 0 Å². The number of carbonyl (C=O) groups excluding carboxylic acids is 1. The van der Waals surface area contributed by atoms with E-state index < -0.39 is 6.04 Å². The van der Waals surface area contributed by atoms with Crippen LogP contribution in [0.4, 0.5) is 5.69 Å². The molecule has 0 aliphatic carbocycles. The molecule has 8 heteroatoms. The fourth-order valence-electron chi connectivity index (χ4n) is 3.75. The zero-order valence-electron chi connectivity index (χ0n) is 17.1. The molecule has 156 valence electrons. The number of nitrogens with zero attached hydrogens (tertiary/aromatic N) is 2. The van der Waals surface area contributed by atoms with E-state index in [1.165, 1.54) is 0 Å². The summed E-state index contributed by atoms with van der Waals surface area (Å²) >= 11 is 0. The Balaban J connectivity index is 1.84. The number of H-pyrrole nitrogens is 1. The number of fused-ring (bicyclic) bond motifs is 1. The molecule has 0 bridgehead atoms. The number of aromatic amines is 1. The Morgan fingerprint density at radius 3 is 2.43 bits per heavy atom. The van der Waals surface area contributed by atoms with Crippen molar-refractivity contribution >= 4 is 28.1 Å². The number of methoxy groups -OCH3 is 3. The quantitative estimate of drug-likeness (QED) is 0.620. The largest absolute Gasteiger partial charge is 0.497 e. The van der Waals surface area contributed by atoms with Gasteiger partial charge in [-0.3, -0.25) is 4.79 Å². The highest BCUT2D eigenvalue weighted by molar-refractivity contribution is 6.27. The van der Waals surface area contributed by atoms with Crippen LogP contribution in [0.3, 0.4) is 0 Å². The minimum absolute atomic E-state index is 0.106. The first kappa shape index (κ1) is 19.8. The standard InChI is InChI=1S/C22H24N4O4/c1-28-9-8-18-20(27)19(22-24-16-6-4-5-7-17(16)25-22)21(23)26(18)13-10-14(29-2)12-15(11-13)30-3/h4-7,10-12,18H,8-9,23H2,1-3H3,(H,24,25). The molecule has 8 nitrogen and oxygen atoms in total. The van der Waals surface area contributed by atoms with Crippen molar-refractivity contribution in [1.82, 2.24) is 9.97 Å². The van der Waals surface area contributed by atoms with E-state index >= 15 is 0 Å². The van der Waals surface area contributed by atoms with E-state index in [0.717, 1.165) is 11.0 Å². The number of para-hydroxylation sites is 2. The Labute approximate surface area is 174 Å². The van der Waals surface area contributed by atoms with Crippen LogP contribution in [-0.2, 0) is 9.53 Å². The molecule has 0 radical (unpaired) electrons. The molecule has 0 spiro atoms. The highest BCUT2D eigenvalue weighted by atomic mass is 16.5. The molecular formula is C22H24N4O4. The predicted octanol–water partition coefficient (Wildman–Crippen LogP) is 2.70. The first-order valence-corrected chi connectivity index (χ1v) is 9.57. The number of nitrogens with two attached hydrogens (primary N) is 1. The molecule has 2 aromatic carbocycles. The molecule has 1 atom stereocenters. The lowest BCUT2D eigenvalue weighted by molar-refractivity contribution is -0.114. The van der Waals surface area contributed by atoms with Crippen LogP contribution in [0.2, 0.25) is 0 Å². The third-order valence-electron chi connectivity index (χ3n) is 5.21. The smallest absolute Gasteiger partial charge is 0.193 e. The normalized spacial score (nSPS) is 16.6. The van der Waals surface area contributed by atoms with E-state index in [-0.39, 0.29) is 5.78 Å². The second-order valence-corrected chi connectivity index (χ2v) is 6.97. The molecule has 4 rings (SSSR count). The molecule has 3 N–H and O–H groups in total. The maximum absolute atomic E-state index is 13.4. The van der Waals surface area contributed by atoms with Crippen molar-refractivity contribution in [3.8, 4) is 11.5 Å². The predicted molar refractivity (Wildman–Crippen MR) is 115 cm³/mol. The Hall–Kier alpha value is -3.52. The fourth-order valence-corrected chi connectivity index (χ4v) is 3.75. The molecule has 0 saturated heterocycles. The second-order valence-electron chi connectivity index (χ2n) is 6.97. The molecule has 1 aromatic heterocycles. The average molecular weight is 408 g/mol. The number of hydrogen-bond acceptors (Lipinski definition) is 7. The van der Waals surface area contributed by atoms with Crippen LogP contribution in [0.5, 0.6) is 11.5 Å². The van der Waals surface area contributed by atoms with E-state index in [1.54, 1.807) is 32.3 Å². The van der Waals surface area contributed by atoms with Gasteiger partial charge in [0.2, 0.25) is 0 Å². The minimum Gasteiger partial charge on any atom is -0.497 e. The summed E-state index contributed by atoms with van der Waals surface area (Å²) in [6.07, 6.45) is 0.472. The zero-order chi connectivity index (χ0) is 21.3. The molecule has 1 aliphatic rings. The second kappa shape index (κ2) is 8.08. The molecule has 0 amide bonds. The van der Waals surface area contributed by atoms with Crippen molar-refractivity contribution < 1.29 is 19.0 Å². The van der Waals surface area contributed by atoms with Gasteiger partial charge >= 0.3 is 0 Å². The number of nitrogens with one attached hydrogen (secondary N) is 1. The lowest BCUT2D eigenvalue weighted by atomic mass is 10.1. The van der Waals surface area contributed by atoms with Crippen molar-refractivity contribution in [2.24, 2.45) is 5.73 Å². The van der Waals surface area contributed by atoms with Crippen molar-refractivity contribution in [2.75, 3.05) is 32.8 Å². The number of anilines is 1. The summed E-state index contributed by atoms with van der Waals surface area (Å²) in [6, 6.07) is 12.5. The average Bonchev–Trinajstić information content (AvgIpc) is 3.29. The highest BCUT2D eigenvalue weighted by Crippen LogP contribution is 2.38. The highest BCUT2D eigenvalue weighted by Gasteiger charge is 2.41. The fraction of sp³-hybridized carbons (Fsp3) is 0.273. The third-order valence-corrected chi connectivity index (χ3v) is 5.21. The Kier molecular flexibility index (Phi) is 5.33. The van der Waals surface area contributed by atoms with Gasteiger partial charge in [0.1, 0.15) is 34.8 Å². The number of Topliss-reactive ketones (excluding diaryl/α,β-unsaturated/α-hetero) is 1. The van der Waals surface area contributed by atoms with E-state index in [9.17, 15) is 4.79 Å². The minimum atomic E-state index is -0.523. The molecule has 30 heavy (non-hydrogen) atoms. The van der Waals surface area contributed by atoms with E-state index in [2.05, 4.69) is 9.97 Å². The van der Waals surface area contributed by atoms with Gasteiger partial charge in [0.15, 0.2) is 5.78 Å². The monoisotopic (exact) mass is 408 g/mol. The zero-order valence-corrected chi connectivity index (χ0v) is 17.1. The maximum Gasteiger partial charge on any atom is 0.193 e. The number of hydrogen-bond donors (Lipinski definition) is 2. The van der Waals surface area contributed by atoms with Crippen molar-refractivity contribution in [2.45, 2.75) is 12.5 Å². The summed E-state index contributed by atoms with van der Waals surface area (Å²) in [5, 5.41) is 0. The summed E-state index contributed by atoms with van der Waals surface area (Å²) in [6.45, 7) is 0.411. The summed E-state index contributed by atoms with van der Waals surface area (Å²) in [5.74, 6) is 1.89. The number of ether oxygens (including phenoxy) is 3. The molecule has 0 fully saturated rings. The van der Waals surface area contributed by atoms with Gasteiger partial charge in [0, 0.05) is 31.9 Å². The van der Waals surface area contributed by atoms with Crippen LogP contribution >= 0.6 is 0 Å². The first-order valence-electron chi connectivity index (χ1n) is 9.57. The molecule has 2 heterocycles. The van der Waals surface area contributed by atoms with Crippen LogP contribution < -0.4 is 20.1 Å². The van der Waals surface area contributed by atoms with Crippen LogP contribution in [0.15, 0.2) is 48.3 Å². The van der Waals surface area contributed by atoms with Gasteiger partial charge in [0.25, 0.3) is 0 Å². The van der Waals surface area contributed by atoms with E-state index in [4.69, 9.17) is 19.9 Å². The van der Waals surface area contributed by atoms with Crippen LogP contribution in [0.25, 0.3) is 16.6 Å². The Bertz CT molecular complexity index is 1070. The number of carbonyl (C=O) groups is 1. The van der Waals surface area contributed by atoms with Crippen molar-refractivity contribution in [3.05, 3.63) is 54.1 Å². The summed E-state index contributed by atoms with van der Waals surface area (Å²) in [5.41, 5.74) is 9.23. The van der Waals surface area contributed by atoms with Crippen molar-refractivity contribution in [3.63, 3.8) is 0 Å². The van der Waals surface area contributed by atoms with Gasteiger partial charge in [-0.25, -0.2) is 4.98 Å². The van der Waals surface area contributed by atoms with E-state index in [0.29, 0.717) is 47.4 Å². The Morgan fingerprint density at radius 1 is 1.10 bits per heavy atom.